The van der Waals surface area contributed by atoms with Crippen molar-refractivity contribution in [1.82, 2.24) is 4.90 Å². The number of fused-ring (bicyclic) bond motifs is 1. The number of hydrogen-bond donors (Lipinski definition) is 1. The fourth-order valence-corrected chi connectivity index (χ4v) is 3.05. The lowest BCUT2D eigenvalue weighted by Gasteiger charge is -2.33. The lowest BCUT2D eigenvalue weighted by Crippen LogP contribution is -2.41. The number of carbonyl (C=O) groups excluding carboxylic acids is 1. The first-order valence-corrected chi connectivity index (χ1v) is 7.32. The quantitative estimate of drug-likeness (QED) is 0.914. The molecule has 1 fully saturated rings. The zero-order valence-electron chi connectivity index (χ0n) is 12.0. The maximum atomic E-state index is 12.5. The summed E-state index contributed by atoms with van der Waals surface area (Å²) in [6, 6.07) is 7.47. The Bertz CT molecular complexity index is 571. The van der Waals surface area contributed by atoms with Crippen LogP contribution >= 0.6 is 0 Å². The zero-order chi connectivity index (χ0) is 15.0. The number of benzene rings is 1. The van der Waals surface area contributed by atoms with Crippen molar-refractivity contribution in [3.63, 3.8) is 0 Å². The Morgan fingerprint density at radius 3 is 2.86 bits per heavy atom. The average Bonchev–Trinajstić information content (AvgIpc) is 3.25. The molecule has 0 spiro atoms. The monoisotopic (exact) mass is 289 g/mol. The van der Waals surface area contributed by atoms with E-state index in [0.29, 0.717) is 13.2 Å². The minimum Gasteiger partial charge on any atom is -0.481 e. The normalized spacial score (nSPS) is 27.1. The standard InChI is InChI=1S/C16H19NO4/c1-2-21-14-7-12(14)15(18)17-8-10-5-3-4-6-11(10)13(9-17)16(19)20/h3-6,12-14H,2,7-9H2,1H3,(H,19,20). The lowest BCUT2D eigenvalue weighted by molar-refractivity contribution is -0.142. The second-order valence-corrected chi connectivity index (χ2v) is 5.64. The van der Waals surface area contributed by atoms with Crippen molar-refractivity contribution in [2.75, 3.05) is 13.2 Å². The van der Waals surface area contributed by atoms with Gasteiger partial charge in [0.1, 0.15) is 0 Å². The minimum atomic E-state index is -0.878. The molecule has 5 heteroatoms. The van der Waals surface area contributed by atoms with Crippen LogP contribution in [0.1, 0.15) is 30.4 Å². The van der Waals surface area contributed by atoms with Gasteiger partial charge < -0.3 is 14.7 Å². The number of nitrogens with zero attached hydrogens (tertiary/aromatic N) is 1. The molecule has 1 aromatic rings. The number of hydrogen-bond acceptors (Lipinski definition) is 3. The first-order valence-electron chi connectivity index (χ1n) is 7.32. The van der Waals surface area contributed by atoms with Gasteiger partial charge >= 0.3 is 5.97 Å². The fourth-order valence-electron chi connectivity index (χ4n) is 3.05. The van der Waals surface area contributed by atoms with Crippen LogP contribution in [0.5, 0.6) is 0 Å². The summed E-state index contributed by atoms with van der Waals surface area (Å²) in [4.78, 5) is 25.6. The van der Waals surface area contributed by atoms with Crippen molar-refractivity contribution in [3.05, 3.63) is 35.4 Å². The van der Waals surface area contributed by atoms with Gasteiger partial charge in [-0.05, 0) is 24.5 Å². The van der Waals surface area contributed by atoms with Gasteiger partial charge in [-0.2, -0.15) is 0 Å². The number of ether oxygens (including phenoxy) is 1. The molecule has 2 aliphatic rings. The van der Waals surface area contributed by atoms with Gasteiger partial charge in [-0.1, -0.05) is 24.3 Å². The summed E-state index contributed by atoms with van der Waals surface area (Å²) < 4.78 is 5.46. The number of carbonyl (C=O) groups is 2. The number of carboxylic acids is 1. The maximum absolute atomic E-state index is 12.5. The Labute approximate surface area is 123 Å². The molecule has 1 heterocycles. The molecule has 1 N–H and O–H groups in total. The average molecular weight is 289 g/mol. The van der Waals surface area contributed by atoms with Crippen molar-refractivity contribution in [2.24, 2.45) is 5.92 Å². The Hall–Kier alpha value is -1.88. The third-order valence-electron chi connectivity index (χ3n) is 4.23. The summed E-state index contributed by atoms with van der Waals surface area (Å²) >= 11 is 0. The van der Waals surface area contributed by atoms with Crippen LogP contribution in [0, 0.1) is 5.92 Å². The van der Waals surface area contributed by atoms with E-state index in [1.165, 1.54) is 0 Å². The molecule has 3 rings (SSSR count). The molecule has 1 amide bonds. The molecule has 1 saturated carbocycles. The van der Waals surface area contributed by atoms with Gasteiger partial charge in [0.15, 0.2) is 0 Å². The summed E-state index contributed by atoms with van der Waals surface area (Å²) in [5.41, 5.74) is 1.75. The van der Waals surface area contributed by atoms with E-state index in [1.54, 1.807) is 4.90 Å². The smallest absolute Gasteiger partial charge is 0.312 e. The molecule has 1 aliphatic carbocycles. The van der Waals surface area contributed by atoms with Gasteiger partial charge in [-0.3, -0.25) is 9.59 Å². The number of aliphatic carboxylic acids is 1. The van der Waals surface area contributed by atoms with Gasteiger partial charge in [0, 0.05) is 19.7 Å². The minimum absolute atomic E-state index is 0.0166. The van der Waals surface area contributed by atoms with Gasteiger partial charge in [-0.15, -0.1) is 0 Å². The number of amides is 1. The van der Waals surface area contributed by atoms with Crippen LogP contribution in [0.25, 0.3) is 0 Å². The van der Waals surface area contributed by atoms with E-state index in [0.717, 1.165) is 17.5 Å². The number of rotatable bonds is 4. The molecule has 3 atom stereocenters. The summed E-state index contributed by atoms with van der Waals surface area (Å²) in [5.74, 6) is -1.58. The van der Waals surface area contributed by atoms with Crippen molar-refractivity contribution in [3.8, 4) is 0 Å². The third-order valence-corrected chi connectivity index (χ3v) is 4.23. The number of carboxylic acid groups (broad SMARTS) is 1. The predicted molar refractivity (Wildman–Crippen MR) is 75.8 cm³/mol. The predicted octanol–water partition coefficient (Wildman–Crippen LogP) is 1.62. The second-order valence-electron chi connectivity index (χ2n) is 5.64. The molecular weight excluding hydrogens is 270 g/mol. The summed E-state index contributed by atoms with van der Waals surface area (Å²) in [6.45, 7) is 3.27. The fraction of sp³-hybridized carbons (Fsp3) is 0.500. The van der Waals surface area contributed by atoms with Crippen LogP contribution < -0.4 is 0 Å². The molecule has 5 nitrogen and oxygen atoms in total. The summed E-state index contributed by atoms with van der Waals surface area (Å²) in [7, 11) is 0. The molecule has 0 radical (unpaired) electrons. The van der Waals surface area contributed by atoms with Crippen LogP contribution in [-0.2, 0) is 20.9 Å². The maximum Gasteiger partial charge on any atom is 0.312 e. The zero-order valence-corrected chi connectivity index (χ0v) is 12.0. The van der Waals surface area contributed by atoms with Crippen LogP contribution in [0.15, 0.2) is 24.3 Å². The molecular formula is C16H19NO4. The SMILES string of the molecule is CCOC1CC1C(=O)N1Cc2ccccc2C(C(=O)O)C1. The highest BCUT2D eigenvalue weighted by Crippen LogP contribution is 2.38. The van der Waals surface area contributed by atoms with Gasteiger partial charge in [0.05, 0.1) is 17.9 Å². The van der Waals surface area contributed by atoms with E-state index in [4.69, 9.17) is 4.74 Å². The molecule has 3 unspecified atom stereocenters. The molecule has 21 heavy (non-hydrogen) atoms. The van der Waals surface area contributed by atoms with Crippen LogP contribution in [0.2, 0.25) is 0 Å². The van der Waals surface area contributed by atoms with E-state index in [2.05, 4.69) is 0 Å². The van der Waals surface area contributed by atoms with Crippen LogP contribution in [-0.4, -0.2) is 41.1 Å². The van der Waals surface area contributed by atoms with Crippen LogP contribution in [0.4, 0.5) is 0 Å². The van der Waals surface area contributed by atoms with Crippen molar-refractivity contribution >= 4 is 11.9 Å². The first kappa shape index (κ1) is 14.1. The third kappa shape index (κ3) is 2.65. The largest absolute Gasteiger partial charge is 0.481 e. The Morgan fingerprint density at radius 2 is 2.14 bits per heavy atom. The van der Waals surface area contributed by atoms with Gasteiger partial charge in [0.2, 0.25) is 5.91 Å². The molecule has 1 aliphatic heterocycles. The molecule has 112 valence electrons. The van der Waals surface area contributed by atoms with Crippen molar-refractivity contribution in [2.45, 2.75) is 31.9 Å². The van der Waals surface area contributed by atoms with Gasteiger partial charge in [-0.25, -0.2) is 0 Å². The van der Waals surface area contributed by atoms with E-state index >= 15 is 0 Å². The van der Waals surface area contributed by atoms with Crippen molar-refractivity contribution < 1.29 is 19.4 Å². The highest BCUT2D eigenvalue weighted by atomic mass is 16.5. The highest BCUT2D eigenvalue weighted by Gasteiger charge is 2.47. The Morgan fingerprint density at radius 1 is 1.38 bits per heavy atom. The topological polar surface area (TPSA) is 66.8 Å². The summed E-state index contributed by atoms with van der Waals surface area (Å²) in [5, 5.41) is 9.41. The van der Waals surface area contributed by atoms with E-state index < -0.39 is 11.9 Å². The first-order chi connectivity index (χ1) is 10.1. The second kappa shape index (κ2) is 5.48. The van der Waals surface area contributed by atoms with Crippen molar-refractivity contribution in [1.29, 1.82) is 0 Å². The summed E-state index contributed by atoms with van der Waals surface area (Å²) in [6.07, 6.45) is 0.769. The highest BCUT2D eigenvalue weighted by molar-refractivity contribution is 5.85. The van der Waals surface area contributed by atoms with E-state index in [1.807, 2.05) is 31.2 Å². The Kier molecular flexibility index (Phi) is 3.68. The molecule has 1 aromatic carbocycles. The lowest BCUT2D eigenvalue weighted by atomic mass is 9.89. The van der Waals surface area contributed by atoms with E-state index in [9.17, 15) is 14.7 Å². The molecule has 0 saturated heterocycles. The Balaban J connectivity index is 1.77. The van der Waals surface area contributed by atoms with Crippen LogP contribution in [0.3, 0.4) is 0 Å². The molecule has 0 aromatic heterocycles. The molecule has 0 bridgehead atoms. The van der Waals surface area contributed by atoms with E-state index in [-0.39, 0.29) is 24.5 Å². The van der Waals surface area contributed by atoms with Gasteiger partial charge in [0.25, 0.3) is 0 Å².